The van der Waals surface area contributed by atoms with Crippen molar-refractivity contribution in [2.24, 2.45) is 11.8 Å². The number of carbonyl (C=O) groups excluding carboxylic acids is 1. The van der Waals surface area contributed by atoms with Crippen molar-refractivity contribution in [3.63, 3.8) is 0 Å². The summed E-state index contributed by atoms with van der Waals surface area (Å²) in [6.45, 7) is 2.57. The van der Waals surface area contributed by atoms with Crippen molar-refractivity contribution in [2.75, 3.05) is 31.7 Å². The van der Waals surface area contributed by atoms with Crippen LogP contribution in [0.5, 0.6) is 11.6 Å². The number of rotatable bonds is 8. The van der Waals surface area contributed by atoms with Gasteiger partial charge in [0.15, 0.2) is 5.78 Å². The van der Waals surface area contributed by atoms with E-state index in [1.807, 2.05) is 18.3 Å². The lowest BCUT2D eigenvalue weighted by Gasteiger charge is -2.35. The molecule has 0 radical (unpaired) electrons. The van der Waals surface area contributed by atoms with Crippen molar-refractivity contribution in [1.82, 2.24) is 4.98 Å². The third-order valence-electron chi connectivity index (χ3n) is 7.68. The van der Waals surface area contributed by atoms with Gasteiger partial charge in [-0.1, -0.05) is 19.3 Å². The monoisotopic (exact) mass is 448 g/mol. The second-order valence-electron chi connectivity index (χ2n) is 10.0. The number of piperidine rings is 1. The molecule has 0 unspecified atom stereocenters. The fourth-order valence-corrected chi connectivity index (χ4v) is 5.41. The Labute approximate surface area is 197 Å². The number of carbonyl (C=O) groups is 1. The van der Waals surface area contributed by atoms with Crippen molar-refractivity contribution >= 4 is 11.5 Å². The van der Waals surface area contributed by atoms with E-state index < -0.39 is 0 Å². The van der Waals surface area contributed by atoms with Crippen molar-refractivity contribution < 1.29 is 14.3 Å². The highest BCUT2D eigenvalue weighted by atomic mass is 16.5. The minimum Gasteiger partial charge on any atom is -0.497 e. The van der Waals surface area contributed by atoms with Crippen molar-refractivity contribution in [3.8, 4) is 11.6 Å². The molecule has 0 bridgehead atoms. The first-order valence-electron chi connectivity index (χ1n) is 12.8. The van der Waals surface area contributed by atoms with Crippen LogP contribution in [0.2, 0.25) is 0 Å². The van der Waals surface area contributed by atoms with Gasteiger partial charge in [0, 0.05) is 42.9 Å². The molecule has 0 spiro atoms. The second kappa shape index (κ2) is 10.1. The summed E-state index contributed by atoms with van der Waals surface area (Å²) in [7, 11) is 1.69. The number of aromatic nitrogens is 1. The van der Waals surface area contributed by atoms with Crippen LogP contribution in [-0.2, 0) is 0 Å². The Morgan fingerprint density at radius 3 is 2.52 bits per heavy atom. The molecule has 1 saturated heterocycles. The van der Waals surface area contributed by atoms with Crippen molar-refractivity contribution in [2.45, 2.75) is 63.7 Å². The van der Waals surface area contributed by atoms with E-state index in [4.69, 9.17) is 9.47 Å². The van der Waals surface area contributed by atoms with Gasteiger partial charge >= 0.3 is 0 Å². The molecule has 2 heterocycles. The standard InChI is InChI=1S/C28H36N2O3/c1-32-24-9-10-25(28(31)22-5-3-2-4-6-22)26(18-24)30-15-12-20(13-16-30)19-33-27-17-23(11-14-29-27)21-7-8-21/h9-11,14,17-18,20-22H,2-8,12-13,15-16,19H2,1H3. The number of hydrogen-bond donors (Lipinski definition) is 0. The highest BCUT2D eigenvalue weighted by molar-refractivity contribution is 6.03. The van der Waals surface area contributed by atoms with Gasteiger partial charge in [-0.05, 0) is 74.1 Å². The third kappa shape index (κ3) is 5.34. The lowest BCUT2D eigenvalue weighted by atomic mass is 9.83. The first-order chi connectivity index (χ1) is 16.2. The smallest absolute Gasteiger partial charge is 0.213 e. The predicted molar refractivity (Wildman–Crippen MR) is 131 cm³/mol. The molecule has 1 aliphatic heterocycles. The highest BCUT2D eigenvalue weighted by Crippen LogP contribution is 2.40. The summed E-state index contributed by atoms with van der Waals surface area (Å²) < 4.78 is 11.6. The molecule has 0 atom stereocenters. The Morgan fingerprint density at radius 1 is 1.00 bits per heavy atom. The summed E-state index contributed by atoms with van der Waals surface area (Å²) >= 11 is 0. The number of nitrogens with zero attached hydrogens (tertiary/aromatic N) is 2. The number of Topliss-reactive ketones (excluding diaryl/α,β-unsaturated/α-hetero) is 1. The zero-order valence-electron chi connectivity index (χ0n) is 19.8. The molecular formula is C28H36N2O3. The molecule has 0 amide bonds. The number of benzene rings is 1. The van der Waals surface area contributed by atoms with E-state index in [1.165, 1.54) is 37.7 Å². The summed E-state index contributed by atoms with van der Waals surface area (Å²) in [5.74, 6) is 3.30. The van der Waals surface area contributed by atoms with E-state index in [-0.39, 0.29) is 5.92 Å². The SMILES string of the molecule is COc1ccc(C(=O)C2CCCCC2)c(N2CCC(COc3cc(C4CC4)ccn3)CC2)c1. The van der Waals surface area contributed by atoms with Crippen LogP contribution in [0.3, 0.4) is 0 Å². The molecule has 5 rings (SSSR count). The zero-order chi connectivity index (χ0) is 22.6. The maximum absolute atomic E-state index is 13.4. The lowest BCUT2D eigenvalue weighted by molar-refractivity contribution is 0.0890. The fourth-order valence-electron chi connectivity index (χ4n) is 5.41. The fraction of sp³-hybridized carbons (Fsp3) is 0.571. The van der Waals surface area contributed by atoms with Crippen LogP contribution in [0.4, 0.5) is 5.69 Å². The Hall–Kier alpha value is -2.56. The summed E-state index contributed by atoms with van der Waals surface area (Å²) in [6.07, 6.45) is 12.2. The molecule has 1 aromatic carbocycles. The molecule has 33 heavy (non-hydrogen) atoms. The molecule has 0 N–H and O–H groups in total. The van der Waals surface area contributed by atoms with Gasteiger partial charge in [0.2, 0.25) is 5.88 Å². The topological polar surface area (TPSA) is 51.7 Å². The predicted octanol–water partition coefficient (Wildman–Crippen LogP) is 6.03. The van der Waals surface area contributed by atoms with Crippen molar-refractivity contribution in [3.05, 3.63) is 47.7 Å². The van der Waals surface area contributed by atoms with Gasteiger partial charge in [0.25, 0.3) is 0 Å². The first kappa shape index (κ1) is 22.2. The van der Waals surface area contributed by atoms with Crippen LogP contribution < -0.4 is 14.4 Å². The Balaban J connectivity index is 1.21. The molecule has 5 heteroatoms. The number of methoxy groups -OCH3 is 1. The van der Waals surface area contributed by atoms with E-state index in [0.717, 1.165) is 61.7 Å². The molecule has 3 aliphatic rings. The first-order valence-corrected chi connectivity index (χ1v) is 12.8. The van der Waals surface area contributed by atoms with Gasteiger partial charge < -0.3 is 14.4 Å². The molecule has 1 aromatic heterocycles. The molecule has 2 aliphatic carbocycles. The van der Waals surface area contributed by atoms with E-state index in [0.29, 0.717) is 24.2 Å². The summed E-state index contributed by atoms with van der Waals surface area (Å²) in [5.41, 5.74) is 3.28. The number of ether oxygens (including phenoxy) is 2. The average molecular weight is 449 g/mol. The molecule has 5 nitrogen and oxygen atoms in total. The number of pyridine rings is 1. The highest BCUT2D eigenvalue weighted by Gasteiger charge is 2.28. The van der Waals surface area contributed by atoms with E-state index in [2.05, 4.69) is 28.1 Å². The molecule has 176 valence electrons. The van der Waals surface area contributed by atoms with Gasteiger partial charge in [-0.15, -0.1) is 0 Å². The maximum Gasteiger partial charge on any atom is 0.213 e. The second-order valence-corrected chi connectivity index (χ2v) is 10.0. The molecular weight excluding hydrogens is 412 g/mol. The van der Waals surface area contributed by atoms with Gasteiger partial charge in [-0.3, -0.25) is 4.79 Å². The van der Waals surface area contributed by atoms with Crippen LogP contribution in [0, 0.1) is 11.8 Å². The molecule has 3 fully saturated rings. The van der Waals surface area contributed by atoms with Crippen LogP contribution in [0.25, 0.3) is 0 Å². The maximum atomic E-state index is 13.4. The summed E-state index contributed by atoms with van der Waals surface area (Å²) in [5, 5.41) is 0. The normalized spacial score (nSPS) is 20.0. The van der Waals surface area contributed by atoms with Gasteiger partial charge in [-0.25, -0.2) is 4.98 Å². The Morgan fingerprint density at radius 2 is 1.79 bits per heavy atom. The van der Waals surface area contributed by atoms with Gasteiger partial charge in [-0.2, -0.15) is 0 Å². The van der Waals surface area contributed by atoms with Gasteiger partial charge in [0.05, 0.1) is 19.4 Å². The summed E-state index contributed by atoms with van der Waals surface area (Å²) in [4.78, 5) is 20.2. The average Bonchev–Trinajstić information content (AvgIpc) is 3.73. The van der Waals surface area contributed by atoms with Gasteiger partial charge in [0.1, 0.15) is 5.75 Å². The quantitative estimate of drug-likeness (QED) is 0.462. The number of hydrogen-bond acceptors (Lipinski definition) is 5. The minimum absolute atomic E-state index is 0.177. The number of anilines is 1. The molecule has 2 saturated carbocycles. The van der Waals surface area contributed by atoms with Crippen LogP contribution in [0.1, 0.15) is 79.6 Å². The van der Waals surface area contributed by atoms with Crippen LogP contribution in [-0.4, -0.2) is 37.6 Å². The zero-order valence-corrected chi connectivity index (χ0v) is 19.8. The molecule has 2 aromatic rings. The number of ketones is 1. The Bertz CT molecular complexity index is 957. The minimum atomic E-state index is 0.177. The Kier molecular flexibility index (Phi) is 6.84. The van der Waals surface area contributed by atoms with E-state index in [9.17, 15) is 4.79 Å². The van der Waals surface area contributed by atoms with Crippen LogP contribution >= 0.6 is 0 Å². The summed E-state index contributed by atoms with van der Waals surface area (Å²) in [6, 6.07) is 10.2. The largest absolute Gasteiger partial charge is 0.497 e. The van der Waals surface area contributed by atoms with E-state index in [1.54, 1.807) is 7.11 Å². The van der Waals surface area contributed by atoms with Crippen LogP contribution in [0.15, 0.2) is 36.5 Å². The third-order valence-corrected chi connectivity index (χ3v) is 7.68. The van der Waals surface area contributed by atoms with Crippen molar-refractivity contribution in [1.29, 1.82) is 0 Å². The van der Waals surface area contributed by atoms with E-state index >= 15 is 0 Å². The lowest BCUT2D eigenvalue weighted by Crippen LogP contribution is -2.36.